The molecule has 0 amide bonds. The Kier molecular flexibility index (Phi) is 2.97. The Bertz CT molecular complexity index is 439. The molecule has 6 nitrogen and oxygen atoms in total. The topological polar surface area (TPSA) is 66.7 Å². The van der Waals surface area contributed by atoms with Gasteiger partial charge < -0.3 is 24.6 Å². The highest BCUT2D eigenvalue weighted by Gasteiger charge is 2.28. The number of fused-ring (bicyclic) bond motifs is 1. The van der Waals surface area contributed by atoms with Crippen molar-refractivity contribution >= 4 is 11.7 Å². The van der Waals surface area contributed by atoms with Gasteiger partial charge in [-0.1, -0.05) is 0 Å². The molecule has 0 fully saturated rings. The molecule has 0 radical (unpaired) electrons. The molecule has 0 saturated carbocycles. The summed E-state index contributed by atoms with van der Waals surface area (Å²) in [5.74, 6) is -0.529. The predicted molar refractivity (Wildman–Crippen MR) is 63.8 cm³/mol. The molecule has 0 bridgehead atoms. The molecule has 2 N–H and O–H groups in total. The van der Waals surface area contributed by atoms with Crippen molar-refractivity contribution in [1.29, 1.82) is 0 Å². The number of rotatable bonds is 3. The van der Waals surface area contributed by atoms with Crippen molar-refractivity contribution in [2.75, 3.05) is 32.5 Å². The van der Waals surface area contributed by atoms with Crippen LogP contribution in [0.25, 0.3) is 0 Å². The number of carboxylic acids is 1. The van der Waals surface area contributed by atoms with Gasteiger partial charge in [0.2, 0.25) is 0 Å². The second-order valence-electron chi connectivity index (χ2n) is 4.52. The number of aryl methyl sites for hydroxylation is 1. The third-order valence-electron chi connectivity index (χ3n) is 2.71. The van der Waals surface area contributed by atoms with Gasteiger partial charge >= 0.3 is 5.97 Å². The smallest absolute Gasteiger partial charge is 0.356 e. The summed E-state index contributed by atoms with van der Waals surface area (Å²) in [6.07, 6.45) is 1.71. The zero-order chi connectivity index (χ0) is 12.6. The summed E-state index contributed by atoms with van der Waals surface area (Å²) in [4.78, 5) is 13.2. The molecule has 0 saturated heterocycles. The van der Waals surface area contributed by atoms with Crippen molar-refractivity contribution in [1.82, 2.24) is 9.47 Å². The average molecular weight is 239 g/mol. The number of carbonyl (C=O) groups is 1. The summed E-state index contributed by atoms with van der Waals surface area (Å²) in [6, 6.07) is 0. The first kappa shape index (κ1) is 11.8. The van der Waals surface area contributed by atoms with Gasteiger partial charge in [-0.05, 0) is 14.1 Å². The normalized spacial score (nSPS) is 18.5. The average Bonchev–Trinajstić information content (AvgIpc) is 2.52. The molecule has 17 heavy (non-hydrogen) atoms. The van der Waals surface area contributed by atoms with E-state index in [9.17, 15) is 4.79 Å². The lowest BCUT2D eigenvalue weighted by Gasteiger charge is -2.27. The molecule has 0 spiro atoms. The van der Waals surface area contributed by atoms with Gasteiger partial charge in [0.05, 0.1) is 12.2 Å². The highest BCUT2D eigenvalue weighted by molar-refractivity contribution is 5.92. The van der Waals surface area contributed by atoms with E-state index in [1.54, 1.807) is 17.8 Å². The number of anilines is 1. The summed E-state index contributed by atoms with van der Waals surface area (Å²) in [5, 5.41) is 12.3. The van der Waals surface area contributed by atoms with Crippen LogP contribution in [0.4, 0.5) is 5.69 Å². The summed E-state index contributed by atoms with van der Waals surface area (Å²) in [5.41, 5.74) is 0.941. The maximum absolute atomic E-state index is 11.1. The first-order valence-corrected chi connectivity index (χ1v) is 5.47. The third-order valence-corrected chi connectivity index (χ3v) is 2.71. The van der Waals surface area contributed by atoms with Crippen molar-refractivity contribution in [3.8, 4) is 5.75 Å². The van der Waals surface area contributed by atoms with Crippen molar-refractivity contribution in [2.45, 2.75) is 6.10 Å². The summed E-state index contributed by atoms with van der Waals surface area (Å²) in [6.45, 7) is 1.44. The van der Waals surface area contributed by atoms with E-state index in [0.29, 0.717) is 12.3 Å². The fourth-order valence-corrected chi connectivity index (χ4v) is 2.04. The molecular weight excluding hydrogens is 222 g/mol. The minimum absolute atomic E-state index is 0.0296. The van der Waals surface area contributed by atoms with Gasteiger partial charge in [-0.2, -0.15) is 0 Å². The van der Waals surface area contributed by atoms with Crippen molar-refractivity contribution in [3.05, 3.63) is 11.9 Å². The molecule has 2 heterocycles. The molecule has 0 aromatic carbocycles. The zero-order valence-corrected chi connectivity index (χ0v) is 10.2. The number of likely N-dealkylation sites (N-methyl/N-ethyl adjacent to an activating group) is 1. The van der Waals surface area contributed by atoms with Crippen LogP contribution in [0.15, 0.2) is 6.20 Å². The number of ether oxygens (including phenoxy) is 1. The van der Waals surface area contributed by atoms with Crippen LogP contribution in [0.3, 0.4) is 0 Å². The fourth-order valence-electron chi connectivity index (χ4n) is 2.04. The highest BCUT2D eigenvalue weighted by atomic mass is 16.5. The van der Waals surface area contributed by atoms with Gasteiger partial charge in [0.1, 0.15) is 6.10 Å². The van der Waals surface area contributed by atoms with Gasteiger partial charge in [0.15, 0.2) is 11.4 Å². The molecule has 1 aromatic rings. The first-order chi connectivity index (χ1) is 7.99. The molecule has 2 rings (SSSR count). The lowest BCUT2D eigenvalue weighted by atomic mass is 10.2. The number of hydrogen-bond donors (Lipinski definition) is 2. The summed E-state index contributed by atoms with van der Waals surface area (Å²) < 4.78 is 7.32. The third kappa shape index (κ3) is 2.21. The van der Waals surface area contributed by atoms with Crippen molar-refractivity contribution < 1.29 is 14.6 Å². The summed E-state index contributed by atoms with van der Waals surface area (Å²) >= 11 is 0. The molecule has 6 heteroatoms. The Balaban J connectivity index is 2.26. The van der Waals surface area contributed by atoms with Gasteiger partial charge in [-0.3, -0.25) is 0 Å². The van der Waals surface area contributed by atoms with E-state index in [0.717, 1.165) is 12.2 Å². The quantitative estimate of drug-likeness (QED) is 0.802. The van der Waals surface area contributed by atoms with Crippen LogP contribution in [-0.2, 0) is 7.05 Å². The molecular formula is C11H17N3O3. The molecule has 0 aliphatic carbocycles. The van der Waals surface area contributed by atoms with Crippen LogP contribution < -0.4 is 10.1 Å². The van der Waals surface area contributed by atoms with Gasteiger partial charge in [0.25, 0.3) is 0 Å². The Morgan fingerprint density at radius 1 is 1.71 bits per heavy atom. The molecule has 1 aromatic heterocycles. The number of aromatic carboxylic acids is 1. The number of nitrogens with one attached hydrogen (secondary N) is 1. The standard InChI is InChI=1S/C11H17N3O3/c1-13(2)5-7-4-12-8-6-14(3)9(11(15)16)10(8)17-7/h6-7,12H,4-5H2,1-3H3,(H,15,16). The van der Waals surface area contributed by atoms with Crippen molar-refractivity contribution in [2.24, 2.45) is 7.05 Å². The van der Waals surface area contributed by atoms with E-state index >= 15 is 0 Å². The minimum atomic E-state index is -0.971. The maximum atomic E-state index is 11.1. The van der Waals surface area contributed by atoms with Crippen LogP contribution in [0.2, 0.25) is 0 Å². The molecule has 1 aliphatic heterocycles. The lowest BCUT2D eigenvalue weighted by Crippen LogP contribution is -2.39. The molecule has 1 aliphatic rings. The SMILES string of the molecule is CN(C)CC1CNc2cn(C)c(C(=O)O)c2O1. The van der Waals surface area contributed by atoms with Gasteiger partial charge in [0, 0.05) is 19.8 Å². The van der Waals surface area contributed by atoms with Gasteiger partial charge in [-0.15, -0.1) is 0 Å². The zero-order valence-electron chi connectivity index (χ0n) is 10.2. The van der Waals surface area contributed by atoms with E-state index in [2.05, 4.69) is 5.32 Å². The van der Waals surface area contributed by atoms with Gasteiger partial charge in [-0.25, -0.2) is 4.79 Å². The number of nitrogens with zero attached hydrogens (tertiary/aromatic N) is 2. The van der Waals surface area contributed by atoms with Crippen LogP contribution in [0, 0.1) is 0 Å². The molecule has 1 atom stereocenters. The Morgan fingerprint density at radius 3 is 3.00 bits per heavy atom. The Labute approximate surface area is 99.8 Å². The first-order valence-electron chi connectivity index (χ1n) is 5.47. The lowest BCUT2D eigenvalue weighted by molar-refractivity contribution is 0.0676. The minimum Gasteiger partial charge on any atom is -0.483 e. The second-order valence-corrected chi connectivity index (χ2v) is 4.52. The van der Waals surface area contributed by atoms with E-state index in [1.807, 2.05) is 19.0 Å². The monoisotopic (exact) mass is 239 g/mol. The van der Waals surface area contributed by atoms with Crippen LogP contribution >= 0.6 is 0 Å². The highest BCUT2D eigenvalue weighted by Crippen LogP contribution is 2.34. The maximum Gasteiger partial charge on any atom is 0.356 e. The summed E-state index contributed by atoms with van der Waals surface area (Å²) in [7, 11) is 5.62. The van der Waals surface area contributed by atoms with E-state index in [4.69, 9.17) is 9.84 Å². The Hall–Kier alpha value is -1.69. The van der Waals surface area contributed by atoms with Crippen LogP contribution in [0.1, 0.15) is 10.5 Å². The largest absolute Gasteiger partial charge is 0.483 e. The van der Waals surface area contributed by atoms with E-state index < -0.39 is 5.97 Å². The molecule has 1 unspecified atom stereocenters. The number of aromatic nitrogens is 1. The van der Waals surface area contributed by atoms with Crippen molar-refractivity contribution in [3.63, 3.8) is 0 Å². The number of carboxylic acid groups (broad SMARTS) is 1. The van der Waals surface area contributed by atoms with E-state index in [-0.39, 0.29) is 11.8 Å². The van der Waals surface area contributed by atoms with Crippen LogP contribution in [0.5, 0.6) is 5.75 Å². The number of hydrogen-bond acceptors (Lipinski definition) is 4. The predicted octanol–water partition coefficient (Wildman–Crippen LogP) is 0.458. The fraction of sp³-hybridized carbons (Fsp3) is 0.545. The molecule has 94 valence electrons. The Morgan fingerprint density at radius 2 is 2.41 bits per heavy atom. The van der Waals surface area contributed by atoms with E-state index in [1.165, 1.54) is 0 Å². The van der Waals surface area contributed by atoms with Crippen LogP contribution in [-0.4, -0.2) is 53.8 Å². The second kappa shape index (κ2) is 4.29.